The minimum atomic E-state index is -1.39. The molecular formula is C12H18O8. The van der Waals surface area contributed by atoms with Crippen molar-refractivity contribution in [2.45, 2.75) is 38.8 Å². The van der Waals surface area contributed by atoms with Gasteiger partial charge in [0.2, 0.25) is 6.10 Å². The molecule has 0 unspecified atom stereocenters. The summed E-state index contributed by atoms with van der Waals surface area (Å²) in [5.74, 6) is -4.21. The quantitative estimate of drug-likeness (QED) is 0.398. The molecule has 0 aromatic rings. The van der Waals surface area contributed by atoms with Gasteiger partial charge in [-0.25, -0.2) is 14.4 Å². The number of esters is 3. The molecule has 2 atom stereocenters. The van der Waals surface area contributed by atoms with E-state index in [1.165, 1.54) is 0 Å². The van der Waals surface area contributed by atoms with E-state index in [1.54, 1.807) is 20.8 Å². The lowest BCUT2D eigenvalue weighted by molar-refractivity contribution is -0.189. The van der Waals surface area contributed by atoms with Crippen LogP contribution in [0.5, 0.6) is 0 Å². The first-order chi connectivity index (χ1) is 9.30. The van der Waals surface area contributed by atoms with Crippen LogP contribution in [-0.2, 0) is 38.1 Å². The van der Waals surface area contributed by atoms with Crippen LogP contribution >= 0.6 is 0 Å². The molecule has 0 bridgehead atoms. The topological polar surface area (TPSA) is 97.4 Å². The van der Waals surface area contributed by atoms with Gasteiger partial charge < -0.3 is 23.7 Å². The van der Waals surface area contributed by atoms with Crippen LogP contribution in [0.2, 0.25) is 0 Å². The molecule has 0 aliphatic carbocycles. The van der Waals surface area contributed by atoms with Crippen molar-refractivity contribution in [3.05, 3.63) is 0 Å². The Morgan fingerprint density at radius 2 is 1.95 bits per heavy atom. The molecule has 8 nitrogen and oxygen atoms in total. The highest BCUT2D eigenvalue weighted by Crippen LogP contribution is 2.25. The third-order valence-corrected chi connectivity index (χ3v) is 2.48. The Bertz CT molecular complexity index is 389. The van der Waals surface area contributed by atoms with Gasteiger partial charge in [-0.1, -0.05) is 0 Å². The van der Waals surface area contributed by atoms with Gasteiger partial charge >= 0.3 is 17.9 Å². The number of hydrogen-bond acceptors (Lipinski definition) is 8. The molecule has 1 aliphatic rings. The second-order valence-electron chi connectivity index (χ2n) is 4.44. The number of carbonyl (C=O) groups excluding carboxylic acids is 3. The highest BCUT2D eigenvalue weighted by molar-refractivity contribution is 6.30. The molecule has 0 amide bonds. The van der Waals surface area contributed by atoms with Crippen molar-refractivity contribution in [1.29, 1.82) is 0 Å². The predicted octanol–water partition coefficient (Wildman–Crippen LogP) is -0.214. The van der Waals surface area contributed by atoms with E-state index in [1.807, 2.05) is 0 Å². The van der Waals surface area contributed by atoms with Crippen LogP contribution in [0, 0.1) is 0 Å². The average molecular weight is 290 g/mol. The third-order valence-electron chi connectivity index (χ3n) is 2.48. The highest BCUT2D eigenvalue weighted by atomic mass is 16.8. The molecule has 20 heavy (non-hydrogen) atoms. The van der Waals surface area contributed by atoms with Crippen LogP contribution in [0.1, 0.15) is 20.8 Å². The maximum Gasteiger partial charge on any atom is 0.418 e. The standard InChI is InChI=1S/C12H18O8/c1-5-17-10(14)11(15)19-8(9(13)16-4)7-6-18-12(2,3)20-7/h7-8H,5-6H2,1-4H3/t7-,8+/m0/s1. The van der Waals surface area contributed by atoms with E-state index >= 15 is 0 Å². The summed E-state index contributed by atoms with van der Waals surface area (Å²) in [6.07, 6.45) is -2.24. The Labute approximate surface area is 116 Å². The Hall–Kier alpha value is -1.67. The van der Waals surface area contributed by atoms with E-state index in [-0.39, 0.29) is 13.2 Å². The molecular weight excluding hydrogens is 272 g/mol. The van der Waals surface area contributed by atoms with Crippen LogP contribution in [0.15, 0.2) is 0 Å². The summed E-state index contributed by atoms with van der Waals surface area (Å²) in [6, 6.07) is 0. The summed E-state index contributed by atoms with van der Waals surface area (Å²) in [5, 5.41) is 0. The third kappa shape index (κ3) is 4.17. The largest absolute Gasteiger partial charge is 0.466 e. The average Bonchev–Trinajstić information content (AvgIpc) is 2.75. The van der Waals surface area contributed by atoms with Gasteiger partial charge in [0, 0.05) is 0 Å². The lowest BCUT2D eigenvalue weighted by atomic mass is 10.2. The molecule has 0 aromatic heterocycles. The summed E-state index contributed by atoms with van der Waals surface area (Å²) in [5.41, 5.74) is 0. The van der Waals surface area contributed by atoms with Gasteiger partial charge in [-0.2, -0.15) is 0 Å². The summed E-state index contributed by atoms with van der Waals surface area (Å²) < 4.78 is 24.5. The van der Waals surface area contributed by atoms with Crippen LogP contribution in [0.25, 0.3) is 0 Å². The number of rotatable bonds is 4. The fourth-order valence-corrected chi connectivity index (χ4v) is 1.61. The second kappa shape index (κ2) is 6.67. The van der Waals surface area contributed by atoms with Crippen molar-refractivity contribution in [2.75, 3.05) is 20.3 Å². The minimum Gasteiger partial charge on any atom is -0.466 e. The normalized spacial score (nSPS) is 21.9. The van der Waals surface area contributed by atoms with E-state index in [0.717, 1.165) is 7.11 Å². The van der Waals surface area contributed by atoms with Crippen LogP contribution < -0.4 is 0 Å². The van der Waals surface area contributed by atoms with E-state index in [4.69, 9.17) is 14.2 Å². The van der Waals surface area contributed by atoms with Gasteiger partial charge in [0.25, 0.3) is 0 Å². The molecule has 1 fully saturated rings. The Balaban J connectivity index is 2.73. The zero-order valence-electron chi connectivity index (χ0n) is 11.8. The Morgan fingerprint density at radius 3 is 2.40 bits per heavy atom. The lowest BCUT2D eigenvalue weighted by Gasteiger charge is -2.22. The number of methoxy groups -OCH3 is 1. The van der Waals surface area contributed by atoms with E-state index in [9.17, 15) is 14.4 Å². The van der Waals surface area contributed by atoms with Crippen molar-refractivity contribution in [2.24, 2.45) is 0 Å². The smallest absolute Gasteiger partial charge is 0.418 e. The summed E-state index contributed by atoms with van der Waals surface area (Å²) in [4.78, 5) is 34.3. The maximum atomic E-state index is 11.6. The van der Waals surface area contributed by atoms with Gasteiger partial charge in [-0.05, 0) is 20.8 Å². The summed E-state index contributed by atoms with van der Waals surface area (Å²) in [6.45, 7) is 4.89. The van der Waals surface area contributed by atoms with Crippen molar-refractivity contribution in [1.82, 2.24) is 0 Å². The molecule has 1 aliphatic heterocycles. The zero-order chi connectivity index (χ0) is 15.3. The Morgan fingerprint density at radius 1 is 1.30 bits per heavy atom. The fourth-order valence-electron chi connectivity index (χ4n) is 1.61. The molecule has 8 heteroatoms. The van der Waals surface area contributed by atoms with E-state index in [0.29, 0.717) is 0 Å². The van der Waals surface area contributed by atoms with Crippen LogP contribution in [0.3, 0.4) is 0 Å². The van der Waals surface area contributed by atoms with Crippen molar-refractivity contribution >= 4 is 17.9 Å². The zero-order valence-corrected chi connectivity index (χ0v) is 11.8. The monoisotopic (exact) mass is 290 g/mol. The van der Waals surface area contributed by atoms with Crippen molar-refractivity contribution in [3.8, 4) is 0 Å². The van der Waals surface area contributed by atoms with Crippen LogP contribution in [-0.4, -0.2) is 56.2 Å². The van der Waals surface area contributed by atoms with Gasteiger partial charge in [0.05, 0.1) is 20.3 Å². The number of carbonyl (C=O) groups is 3. The van der Waals surface area contributed by atoms with Gasteiger partial charge in [-0.3, -0.25) is 0 Å². The summed E-state index contributed by atoms with van der Waals surface area (Å²) >= 11 is 0. The molecule has 1 rings (SSSR count). The molecule has 0 aromatic carbocycles. The molecule has 0 radical (unpaired) electrons. The minimum absolute atomic E-state index is 0.0207. The molecule has 0 saturated carbocycles. The fraction of sp³-hybridized carbons (Fsp3) is 0.750. The van der Waals surface area contributed by atoms with Gasteiger partial charge in [0.15, 0.2) is 5.79 Å². The molecule has 0 N–H and O–H groups in total. The Kier molecular flexibility index (Phi) is 5.46. The lowest BCUT2D eigenvalue weighted by Crippen LogP contribution is -2.43. The molecule has 1 heterocycles. The summed E-state index contributed by atoms with van der Waals surface area (Å²) in [7, 11) is 1.13. The van der Waals surface area contributed by atoms with Gasteiger partial charge in [0.1, 0.15) is 6.10 Å². The first-order valence-corrected chi connectivity index (χ1v) is 6.08. The predicted molar refractivity (Wildman–Crippen MR) is 63.4 cm³/mol. The van der Waals surface area contributed by atoms with Gasteiger partial charge in [-0.15, -0.1) is 0 Å². The highest BCUT2D eigenvalue weighted by Gasteiger charge is 2.44. The van der Waals surface area contributed by atoms with E-state index < -0.39 is 35.9 Å². The number of ether oxygens (including phenoxy) is 5. The molecule has 114 valence electrons. The second-order valence-corrected chi connectivity index (χ2v) is 4.44. The van der Waals surface area contributed by atoms with Crippen LogP contribution in [0.4, 0.5) is 0 Å². The number of hydrogen-bond donors (Lipinski definition) is 0. The first kappa shape index (κ1) is 16.4. The maximum absolute atomic E-state index is 11.6. The van der Waals surface area contributed by atoms with E-state index in [2.05, 4.69) is 9.47 Å². The van der Waals surface area contributed by atoms with Crippen molar-refractivity contribution in [3.63, 3.8) is 0 Å². The SMILES string of the molecule is CCOC(=O)C(=O)O[C@@H](C(=O)OC)[C@@H]1COC(C)(C)O1. The molecule has 1 saturated heterocycles. The first-order valence-electron chi connectivity index (χ1n) is 6.08. The molecule has 0 spiro atoms. The van der Waals surface area contributed by atoms with Crippen molar-refractivity contribution < 1.29 is 38.1 Å².